The Balaban J connectivity index is 1.99. The van der Waals surface area contributed by atoms with E-state index in [1.807, 2.05) is 37.1 Å². The van der Waals surface area contributed by atoms with Gasteiger partial charge < -0.3 is 16.0 Å². The molecule has 0 saturated heterocycles. The van der Waals surface area contributed by atoms with Crippen molar-refractivity contribution in [1.82, 2.24) is 5.32 Å². The second-order valence-corrected chi connectivity index (χ2v) is 4.74. The summed E-state index contributed by atoms with van der Waals surface area (Å²) >= 11 is 0. The van der Waals surface area contributed by atoms with Crippen LogP contribution in [0.4, 0.5) is 11.4 Å². The van der Waals surface area contributed by atoms with E-state index in [-0.39, 0.29) is 5.91 Å². The zero-order chi connectivity index (χ0) is 12.4. The first kappa shape index (κ1) is 11.8. The summed E-state index contributed by atoms with van der Waals surface area (Å²) in [7, 11) is 1.91. The van der Waals surface area contributed by atoms with Crippen LogP contribution >= 0.6 is 0 Å². The van der Waals surface area contributed by atoms with Crippen LogP contribution in [0.5, 0.6) is 0 Å². The number of anilines is 2. The molecule has 0 aliphatic heterocycles. The fourth-order valence-corrected chi connectivity index (χ4v) is 1.84. The molecule has 1 saturated carbocycles. The fraction of sp³-hybridized carbons (Fsp3) is 0.462. The van der Waals surface area contributed by atoms with Crippen LogP contribution < -0.4 is 16.0 Å². The molecule has 1 aliphatic carbocycles. The predicted molar refractivity (Wildman–Crippen MR) is 70.0 cm³/mol. The molecule has 2 rings (SSSR count). The van der Waals surface area contributed by atoms with Gasteiger partial charge >= 0.3 is 0 Å². The van der Waals surface area contributed by atoms with Crippen LogP contribution in [-0.4, -0.2) is 25.5 Å². The minimum atomic E-state index is 0.0804. The van der Waals surface area contributed by atoms with E-state index < -0.39 is 0 Å². The van der Waals surface area contributed by atoms with Crippen LogP contribution in [-0.2, 0) is 4.79 Å². The van der Waals surface area contributed by atoms with Crippen LogP contribution in [0.25, 0.3) is 0 Å². The largest absolute Gasteiger partial charge is 0.399 e. The standard InChI is InChI=1S/C13H19N3O/c1-9-3-4-10(14)7-12(9)16(2)8-13(17)15-11-5-6-11/h3-4,7,11H,5-6,8,14H2,1-2H3,(H,15,17). The Morgan fingerprint density at radius 1 is 1.53 bits per heavy atom. The lowest BCUT2D eigenvalue weighted by atomic mass is 10.1. The molecule has 1 amide bonds. The maximum Gasteiger partial charge on any atom is 0.239 e. The van der Waals surface area contributed by atoms with Crippen molar-refractivity contribution in [2.24, 2.45) is 0 Å². The summed E-state index contributed by atoms with van der Waals surface area (Å²) in [5.41, 5.74) is 8.62. The lowest BCUT2D eigenvalue weighted by Gasteiger charge is -2.21. The Kier molecular flexibility index (Phi) is 3.22. The van der Waals surface area contributed by atoms with Crippen molar-refractivity contribution in [1.29, 1.82) is 0 Å². The molecular formula is C13H19N3O. The number of benzene rings is 1. The maximum atomic E-state index is 11.7. The predicted octanol–water partition coefficient (Wildman–Crippen LogP) is 1.29. The summed E-state index contributed by atoms with van der Waals surface area (Å²) in [6, 6.07) is 6.16. The Labute approximate surface area is 102 Å². The van der Waals surface area contributed by atoms with Gasteiger partial charge in [-0.05, 0) is 37.5 Å². The minimum absolute atomic E-state index is 0.0804. The third-order valence-electron chi connectivity index (χ3n) is 2.97. The van der Waals surface area contributed by atoms with E-state index in [9.17, 15) is 4.79 Å². The number of likely N-dealkylation sites (N-methyl/N-ethyl adjacent to an activating group) is 1. The third kappa shape index (κ3) is 3.12. The van der Waals surface area contributed by atoms with Gasteiger partial charge in [0.05, 0.1) is 6.54 Å². The van der Waals surface area contributed by atoms with Crippen LogP contribution in [0.15, 0.2) is 18.2 Å². The Morgan fingerprint density at radius 3 is 2.88 bits per heavy atom. The van der Waals surface area contributed by atoms with Crippen molar-refractivity contribution in [2.75, 3.05) is 24.2 Å². The molecule has 0 radical (unpaired) electrons. The molecule has 1 aliphatic rings. The molecule has 4 nitrogen and oxygen atoms in total. The molecule has 0 unspecified atom stereocenters. The van der Waals surface area contributed by atoms with Gasteiger partial charge in [0, 0.05) is 24.5 Å². The number of hydrogen-bond acceptors (Lipinski definition) is 3. The number of carbonyl (C=O) groups is 1. The number of amides is 1. The third-order valence-corrected chi connectivity index (χ3v) is 2.97. The van der Waals surface area contributed by atoms with Gasteiger partial charge in [-0.2, -0.15) is 0 Å². The smallest absolute Gasteiger partial charge is 0.239 e. The molecular weight excluding hydrogens is 214 g/mol. The summed E-state index contributed by atoms with van der Waals surface area (Å²) < 4.78 is 0. The van der Waals surface area contributed by atoms with Crippen molar-refractivity contribution < 1.29 is 4.79 Å². The normalized spacial score (nSPS) is 14.5. The molecule has 0 heterocycles. The maximum absolute atomic E-state index is 11.7. The van der Waals surface area contributed by atoms with Gasteiger partial charge in [-0.15, -0.1) is 0 Å². The molecule has 1 fully saturated rings. The topological polar surface area (TPSA) is 58.4 Å². The second-order valence-electron chi connectivity index (χ2n) is 4.74. The monoisotopic (exact) mass is 233 g/mol. The first-order valence-corrected chi connectivity index (χ1v) is 5.93. The summed E-state index contributed by atoms with van der Waals surface area (Å²) in [4.78, 5) is 13.6. The number of nitrogen functional groups attached to an aromatic ring is 1. The summed E-state index contributed by atoms with van der Waals surface area (Å²) in [5.74, 6) is 0.0804. The van der Waals surface area contributed by atoms with Gasteiger partial charge in [-0.3, -0.25) is 4.79 Å². The van der Waals surface area contributed by atoms with Gasteiger partial charge in [0.25, 0.3) is 0 Å². The molecule has 1 aromatic carbocycles. The van der Waals surface area contributed by atoms with Crippen molar-refractivity contribution in [3.8, 4) is 0 Å². The number of nitrogens with one attached hydrogen (secondary N) is 1. The highest BCUT2D eigenvalue weighted by molar-refractivity contribution is 5.82. The number of carbonyl (C=O) groups excluding carboxylic acids is 1. The van der Waals surface area contributed by atoms with Crippen LogP contribution in [0.2, 0.25) is 0 Å². The molecule has 1 aromatic rings. The molecule has 92 valence electrons. The average molecular weight is 233 g/mol. The van der Waals surface area contributed by atoms with E-state index in [0.717, 1.165) is 29.8 Å². The molecule has 0 aromatic heterocycles. The van der Waals surface area contributed by atoms with Crippen molar-refractivity contribution in [2.45, 2.75) is 25.8 Å². The Hall–Kier alpha value is -1.71. The van der Waals surface area contributed by atoms with Crippen molar-refractivity contribution in [3.05, 3.63) is 23.8 Å². The first-order valence-electron chi connectivity index (χ1n) is 5.93. The molecule has 4 heteroatoms. The molecule has 17 heavy (non-hydrogen) atoms. The number of hydrogen-bond donors (Lipinski definition) is 2. The molecule has 0 atom stereocenters. The van der Waals surface area contributed by atoms with Crippen LogP contribution in [0.3, 0.4) is 0 Å². The van der Waals surface area contributed by atoms with Gasteiger partial charge in [-0.1, -0.05) is 6.07 Å². The quantitative estimate of drug-likeness (QED) is 0.770. The van der Waals surface area contributed by atoms with E-state index in [1.165, 1.54) is 0 Å². The van der Waals surface area contributed by atoms with Crippen molar-refractivity contribution >= 4 is 17.3 Å². The summed E-state index contributed by atoms with van der Waals surface area (Å²) in [6.07, 6.45) is 2.24. The molecule has 0 spiro atoms. The van der Waals surface area contributed by atoms with E-state index >= 15 is 0 Å². The highest BCUT2D eigenvalue weighted by Gasteiger charge is 2.23. The Morgan fingerprint density at radius 2 is 2.24 bits per heavy atom. The zero-order valence-electron chi connectivity index (χ0n) is 10.4. The number of rotatable bonds is 4. The van der Waals surface area contributed by atoms with Gasteiger partial charge in [0.1, 0.15) is 0 Å². The lowest BCUT2D eigenvalue weighted by molar-refractivity contribution is -0.119. The highest BCUT2D eigenvalue weighted by Crippen LogP contribution is 2.22. The van der Waals surface area contributed by atoms with Crippen LogP contribution in [0, 0.1) is 6.92 Å². The molecule has 0 bridgehead atoms. The lowest BCUT2D eigenvalue weighted by Crippen LogP contribution is -2.36. The zero-order valence-corrected chi connectivity index (χ0v) is 10.4. The van der Waals surface area contributed by atoms with Gasteiger partial charge in [0.2, 0.25) is 5.91 Å². The van der Waals surface area contributed by atoms with Gasteiger partial charge in [-0.25, -0.2) is 0 Å². The minimum Gasteiger partial charge on any atom is -0.399 e. The van der Waals surface area contributed by atoms with Crippen LogP contribution in [0.1, 0.15) is 18.4 Å². The average Bonchev–Trinajstić information content (AvgIpc) is 3.05. The number of nitrogens with zero attached hydrogens (tertiary/aromatic N) is 1. The SMILES string of the molecule is Cc1ccc(N)cc1N(C)CC(=O)NC1CC1. The van der Waals surface area contributed by atoms with E-state index in [0.29, 0.717) is 12.6 Å². The summed E-state index contributed by atoms with van der Waals surface area (Å²) in [5, 5.41) is 2.98. The number of aryl methyl sites for hydroxylation is 1. The fourth-order valence-electron chi connectivity index (χ4n) is 1.84. The summed E-state index contributed by atoms with van der Waals surface area (Å²) in [6.45, 7) is 2.39. The first-order chi connectivity index (χ1) is 8.06. The highest BCUT2D eigenvalue weighted by atomic mass is 16.2. The van der Waals surface area contributed by atoms with Crippen molar-refractivity contribution in [3.63, 3.8) is 0 Å². The number of nitrogens with two attached hydrogens (primary N) is 1. The van der Waals surface area contributed by atoms with Gasteiger partial charge in [0.15, 0.2) is 0 Å². The second kappa shape index (κ2) is 4.65. The molecule has 3 N–H and O–H groups in total. The van der Waals surface area contributed by atoms with E-state index in [4.69, 9.17) is 5.73 Å². The van der Waals surface area contributed by atoms with E-state index in [2.05, 4.69) is 5.32 Å². The Bertz CT molecular complexity index is 427. The van der Waals surface area contributed by atoms with E-state index in [1.54, 1.807) is 0 Å².